The van der Waals surface area contributed by atoms with Crippen LogP contribution in [0.25, 0.3) is 10.1 Å². The molecule has 5 nitrogen and oxygen atoms in total. The van der Waals surface area contributed by atoms with Crippen molar-refractivity contribution in [2.75, 3.05) is 24.7 Å². The number of piperidine rings is 1. The van der Waals surface area contributed by atoms with Crippen LogP contribution < -0.4 is 5.32 Å². The lowest BCUT2D eigenvalue weighted by Crippen LogP contribution is -2.43. The highest BCUT2D eigenvalue weighted by Crippen LogP contribution is 2.25. The van der Waals surface area contributed by atoms with Crippen molar-refractivity contribution in [1.29, 1.82) is 0 Å². The quantitative estimate of drug-likeness (QED) is 0.935. The van der Waals surface area contributed by atoms with Crippen molar-refractivity contribution in [3.63, 3.8) is 0 Å². The zero-order chi connectivity index (χ0) is 15.7. The number of benzene rings is 1. The van der Waals surface area contributed by atoms with Crippen LogP contribution in [-0.4, -0.2) is 38.0 Å². The van der Waals surface area contributed by atoms with E-state index >= 15 is 0 Å². The number of amides is 1. The fourth-order valence-electron chi connectivity index (χ4n) is 2.75. The maximum absolute atomic E-state index is 12.4. The number of carbonyl (C=O) groups excluding carboxylic acids is 1. The molecule has 2 heterocycles. The average Bonchev–Trinajstić information content (AvgIpc) is 2.94. The second-order valence-corrected chi connectivity index (χ2v) is 8.55. The second-order valence-electron chi connectivity index (χ2n) is 5.62. The fourth-order valence-corrected chi connectivity index (χ4v) is 4.43. The van der Waals surface area contributed by atoms with E-state index in [1.807, 2.05) is 29.6 Å². The van der Waals surface area contributed by atoms with Crippen molar-refractivity contribution in [1.82, 2.24) is 4.31 Å². The highest BCUT2D eigenvalue weighted by Gasteiger charge is 2.30. The number of nitrogens with one attached hydrogen (secondary N) is 1. The zero-order valence-corrected chi connectivity index (χ0v) is 13.9. The van der Waals surface area contributed by atoms with E-state index in [2.05, 4.69) is 5.32 Å². The zero-order valence-electron chi connectivity index (χ0n) is 12.3. The normalized spacial score (nSPS) is 20.1. The molecule has 118 valence electrons. The molecule has 3 rings (SSSR count). The van der Waals surface area contributed by atoms with Gasteiger partial charge in [0, 0.05) is 23.5 Å². The number of thiophene rings is 1. The first-order chi connectivity index (χ1) is 10.4. The standard InChI is InChI=1S/C15H18N2O3S2/c1-22(19,20)17-7-2-3-12(10-17)15(18)16-13-4-5-14-11(9-13)6-8-21-14/h4-6,8-9,12H,2-3,7,10H2,1H3,(H,16,18)/t12-/m0/s1. The fraction of sp³-hybridized carbons (Fsp3) is 0.400. The molecule has 0 radical (unpaired) electrons. The summed E-state index contributed by atoms with van der Waals surface area (Å²) in [5, 5.41) is 6.03. The molecule has 0 spiro atoms. The van der Waals surface area contributed by atoms with Crippen molar-refractivity contribution in [2.45, 2.75) is 12.8 Å². The molecule has 1 aromatic carbocycles. The Morgan fingerprint density at radius 3 is 2.95 bits per heavy atom. The minimum absolute atomic E-state index is 0.108. The van der Waals surface area contributed by atoms with Gasteiger partial charge in [-0.1, -0.05) is 0 Å². The summed E-state index contributed by atoms with van der Waals surface area (Å²) in [6.07, 6.45) is 2.63. The first-order valence-corrected chi connectivity index (χ1v) is 9.89. The Bertz CT molecular complexity index is 798. The molecule has 1 aliphatic heterocycles. The second kappa shape index (κ2) is 5.98. The molecule has 1 atom stereocenters. The van der Waals surface area contributed by atoms with Crippen LogP contribution in [0.15, 0.2) is 29.6 Å². The van der Waals surface area contributed by atoms with E-state index in [0.717, 1.165) is 17.5 Å². The molecule has 7 heteroatoms. The Morgan fingerprint density at radius 1 is 1.36 bits per heavy atom. The van der Waals surface area contributed by atoms with Crippen molar-refractivity contribution >= 4 is 43.0 Å². The monoisotopic (exact) mass is 338 g/mol. The summed E-state index contributed by atoms with van der Waals surface area (Å²) >= 11 is 1.66. The van der Waals surface area contributed by atoms with Crippen LogP contribution in [0, 0.1) is 5.92 Å². The first-order valence-electron chi connectivity index (χ1n) is 7.17. The average molecular weight is 338 g/mol. The molecular weight excluding hydrogens is 320 g/mol. The maximum Gasteiger partial charge on any atom is 0.228 e. The lowest BCUT2D eigenvalue weighted by atomic mass is 9.98. The SMILES string of the molecule is CS(=O)(=O)N1CCC[C@H](C(=O)Nc2ccc3sccc3c2)C1. The number of carbonyl (C=O) groups is 1. The molecule has 1 saturated heterocycles. The molecule has 22 heavy (non-hydrogen) atoms. The van der Waals surface area contributed by atoms with E-state index in [4.69, 9.17) is 0 Å². The van der Waals surface area contributed by atoms with Gasteiger partial charge >= 0.3 is 0 Å². The smallest absolute Gasteiger partial charge is 0.228 e. The van der Waals surface area contributed by atoms with Gasteiger partial charge in [0.1, 0.15) is 0 Å². The molecule has 1 fully saturated rings. The minimum atomic E-state index is -3.23. The Kier molecular flexibility index (Phi) is 4.20. The summed E-state index contributed by atoms with van der Waals surface area (Å²) < 4.78 is 25.8. The summed E-state index contributed by atoms with van der Waals surface area (Å²) in [6, 6.07) is 7.83. The largest absolute Gasteiger partial charge is 0.326 e. The van der Waals surface area contributed by atoms with E-state index in [1.54, 1.807) is 11.3 Å². The third kappa shape index (κ3) is 3.31. The number of hydrogen-bond acceptors (Lipinski definition) is 4. The van der Waals surface area contributed by atoms with Gasteiger partial charge in [0.25, 0.3) is 0 Å². The lowest BCUT2D eigenvalue weighted by molar-refractivity contribution is -0.120. The molecular formula is C15H18N2O3S2. The Balaban J connectivity index is 1.70. The van der Waals surface area contributed by atoms with Gasteiger partial charge in [-0.25, -0.2) is 12.7 Å². The number of sulfonamides is 1. The molecule has 1 amide bonds. The molecule has 2 aromatic rings. The number of fused-ring (bicyclic) bond motifs is 1. The highest BCUT2D eigenvalue weighted by atomic mass is 32.2. The van der Waals surface area contributed by atoms with Crippen LogP contribution in [-0.2, 0) is 14.8 Å². The third-order valence-corrected chi connectivity index (χ3v) is 6.11. The van der Waals surface area contributed by atoms with Crippen molar-refractivity contribution < 1.29 is 13.2 Å². The molecule has 1 aliphatic rings. The van der Waals surface area contributed by atoms with E-state index < -0.39 is 10.0 Å². The third-order valence-electron chi connectivity index (χ3n) is 3.94. The predicted octanol–water partition coefficient (Wildman–Crippen LogP) is 2.51. The van der Waals surface area contributed by atoms with Crippen LogP contribution in [0.3, 0.4) is 0 Å². The van der Waals surface area contributed by atoms with Gasteiger partial charge < -0.3 is 5.32 Å². The molecule has 0 saturated carbocycles. The topological polar surface area (TPSA) is 66.5 Å². The minimum Gasteiger partial charge on any atom is -0.326 e. The number of hydrogen-bond donors (Lipinski definition) is 1. The number of anilines is 1. The van der Waals surface area contributed by atoms with Crippen molar-refractivity contribution in [3.05, 3.63) is 29.6 Å². The summed E-state index contributed by atoms with van der Waals surface area (Å²) in [5.74, 6) is -0.399. The first kappa shape index (κ1) is 15.5. The Hall–Kier alpha value is -1.44. The molecule has 0 aliphatic carbocycles. The van der Waals surface area contributed by atoms with E-state index in [0.29, 0.717) is 13.0 Å². The van der Waals surface area contributed by atoms with Crippen LogP contribution in [0.1, 0.15) is 12.8 Å². The van der Waals surface area contributed by atoms with E-state index in [-0.39, 0.29) is 18.4 Å². The summed E-state index contributed by atoms with van der Waals surface area (Å²) in [5.41, 5.74) is 0.757. The summed E-state index contributed by atoms with van der Waals surface area (Å²) in [7, 11) is -3.23. The lowest BCUT2D eigenvalue weighted by Gasteiger charge is -2.30. The van der Waals surface area contributed by atoms with E-state index in [9.17, 15) is 13.2 Å². The van der Waals surface area contributed by atoms with Crippen LogP contribution in [0.5, 0.6) is 0 Å². The van der Waals surface area contributed by atoms with Gasteiger partial charge in [-0.15, -0.1) is 11.3 Å². The predicted molar refractivity (Wildman–Crippen MR) is 89.6 cm³/mol. The molecule has 1 N–H and O–H groups in total. The van der Waals surface area contributed by atoms with E-state index in [1.165, 1.54) is 15.3 Å². The summed E-state index contributed by atoms with van der Waals surface area (Å²) in [6.45, 7) is 0.773. The summed E-state index contributed by atoms with van der Waals surface area (Å²) in [4.78, 5) is 12.4. The van der Waals surface area contributed by atoms with Crippen LogP contribution in [0.4, 0.5) is 5.69 Å². The van der Waals surface area contributed by atoms with Crippen LogP contribution in [0.2, 0.25) is 0 Å². The Morgan fingerprint density at radius 2 is 2.18 bits per heavy atom. The number of nitrogens with zero attached hydrogens (tertiary/aromatic N) is 1. The van der Waals surface area contributed by atoms with Gasteiger partial charge in [0.2, 0.25) is 15.9 Å². The molecule has 0 unspecified atom stereocenters. The van der Waals surface area contributed by atoms with Gasteiger partial charge in [-0.05, 0) is 47.9 Å². The van der Waals surface area contributed by atoms with Gasteiger partial charge in [-0.3, -0.25) is 4.79 Å². The molecule has 0 bridgehead atoms. The van der Waals surface area contributed by atoms with Crippen LogP contribution >= 0.6 is 11.3 Å². The highest BCUT2D eigenvalue weighted by molar-refractivity contribution is 7.88. The molecule has 1 aromatic heterocycles. The van der Waals surface area contributed by atoms with Gasteiger partial charge in [-0.2, -0.15) is 0 Å². The van der Waals surface area contributed by atoms with Crippen molar-refractivity contribution in [3.8, 4) is 0 Å². The maximum atomic E-state index is 12.4. The van der Waals surface area contributed by atoms with Crippen molar-refractivity contribution in [2.24, 2.45) is 5.92 Å². The van der Waals surface area contributed by atoms with Gasteiger partial charge in [0.05, 0.1) is 12.2 Å². The Labute approximate surface area is 134 Å². The van der Waals surface area contributed by atoms with Gasteiger partial charge in [0.15, 0.2) is 0 Å². The number of rotatable bonds is 3.